The van der Waals surface area contributed by atoms with Crippen molar-refractivity contribution in [3.05, 3.63) is 29.3 Å². The van der Waals surface area contributed by atoms with Crippen molar-refractivity contribution in [3.8, 4) is 0 Å². The van der Waals surface area contributed by atoms with E-state index in [-0.39, 0.29) is 17.1 Å². The van der Waals surface area contributed by atoms with Gasteiger partial charge in [-0.15, -0.1) is 0 Å². The van der Waals surface area contributed by atoms with Crippen molar-refractivity contribution < 1.29 is 8.78 Å². The topological polar surface area (TPSA) is 53.1 Å². The van der Waals surface area contributed by atoms with E-state index in [2.05, 4.69) is 0 Å². The van der Waals surface area contributed by atoms with Crippen LogP contribution in [0, 0.1) is 17.0 Å². The SMILES string of the molecule is N=C(N)c1cc(F)c(N2CCCCCC2)c(F)c1. The van der Waals surface area contributed by atoms with E-state index in [4.69, 9.17) is 11.1 Å². The number of halogens is 2. The minimum absolute atomic E-state index is 0.0156. The van der Waals surface area contributed by atoms with E-state index in [1.807, 2.05) is 0 Å². The average molecular weight is 253 g/mol. The van der Waals surface area contributed by atoms with Crippen LogP contribution in [0.25, 0.3) is 0 Å². The van der Waals surface area contributed by atoms with Crippen LogP contribution in [-0.2, 0) is 0 Å². The lowest BCUT2D eigenvalue weighted by Crippen LogP contribution is -2.26. The number of hydrogen-bond acceptors (Lipinski definition) is 2. The van der Waals surface area contributed by atoms with E-state index in [1.54, 1.807) is 4.90 Å². The third-order valence-electron chi connectivity index (χ3n) is 3.25. The Balaban J connectivity index is 2.34. The summed E-state index contributed by atoms with van der Waals surface area (Å²) in [5.74, 6) is -1.60. The fraction of sp³-hybridized carbons (Fsp3) is 0.462. The van der Waals surface area contributed by atoms with Gasteiger partial charge in [0, 0.05) is 18.7 Å². The summed E-state index contributed by atoms with van der Waals surface area (Å²) in [5.41, 5.74) is 5.34. The zero-order valence-corrected chi connectivity index (χ0v) is 10.2. The smallest absolute Gasteiger partial charge is 0.150 e. The molecule has 3 nitrogen and oxygen atoms in total. The zero-order valence-electron chi connectivity index (χ0n) is 10.2. The Morgan fingerprint density at radius 2 is 1.56 bits per heavy atom. The van der Waals surface area contributed by atoms with Gasteiger partial charge in [-0.3, -0.25) is 5.41 Å². The van der Waals surface area contributed by atoms with Crippen LogP contribution < -0.4 is 10.6 Å². The highest BCUT2D eigenvalue weighted by molar-refractivity contribution is 5.95. The molecule has 1 aromatic carbocycles. The first-order valence-corrected chi connectivity index (χ1v) is 6.18. The lowest BCUT2D eigenvalue weighted by atomic mass is 10.1. The van der Waals surface area contributed by atoms with Crippen molar-refractivity contribution in [1.82, 2.24) is 0 Å². The Hall–Kier alpha value is -1.65. The largest absolute Gasteiger partial charge is 0.384 e. The molecule has 3 N–H and O–H groups in total. The van der Waals surface area contributed by atoms with Crippen LogP contribution >= 0.6 is 0 Å². The molecule has 0 saturated carbocycles. The first kappa shape index (κ1) is 12.8. The van der Waals surface area contributed by atoms with E-state index < -0.39 is 11.6 Å². The van der Waals surface area contributed by atoms with Crippen LogP contribution in [0.1, 0.15) is 31.2 Å². The van der Waals surface area contributed by atoms with Gasteiger partial charge in [0.15, 0.2) is 0 Å². The number of nitrogens with two attached hydrogens (primary N) is 1. The van der Waals surface area contributed by atoms with E-state index >= 15 is 0 Å². The minimum atomic E-state index is -0.637. The van der Waals surface area contributed by atoms with Gasteiger partial charge in [0.1, 0.15) is 23.2 Å². The van der Waals surface area contributed by atoms with Crippen molar-refractivity contribution in [2.75, 3.05) is 18.0 Å². The Morgan fingerprint density at radius 3 is 2.00 bits per heavy atom. The molecule has 0 unspecified atom stereocenters. The molecule has 98 valence electrons. The molecule has 0 bridgehead atoms. The average Bonchev–Trinajstić information content (AvgIpc) is 2.57. The number of nitrogens with zero attached hydrogens (tertiary/aromatic N) is 1. The Kier molecular flexibility index (Phi) is 3.79. The van der Waals surface area contributed by atoms with E-state index in [0.717, 1.165) is 37.8 Å². The molecule has 0 aromatic heterocycles. The summed E-state index contributed by atoms with van der Waals surface area (Å²) in [6.45, 7) is 1.35. The van der Waals surface area contributed by atoms with Crippen molar-refractivity contribution in [2.24, 2.45) is 5.73 Å². The third kappa shape index (κ3) is 2.60. The maximum Gasteiger partial charge on any atom is 0.150 e. The van der Waals surface area contributed by atoms with E-state index in [9.17, 15) is 8.78 Å². The Morgan fingerprint density at radius 1 is 1.06 bits per heavy atom. The van der Waals surface area contributed by atoms with Gasteiger partial charge in [0.25, 0.3) is 0 Å². The van der Waals surface area contributed by atoms with Crippen molar-refractivity contribution >= 4 is 11.5 Å². The number of anilines is 1. The molecule has 0 atom stereocenters. The fourth-order valence-electron chi connectivity index (χ4n) is 2.32. The number of amidine groups is 1. The van der Waals surface area contributed by atoms with Crippen LogP contribution in [0.5, 0.6) is 0 Å². The molecule has 0 radical (unpaired) electrons. The highest BCUT2D eigenvalue weighted by Crippen LogP contribution is 2.27. The standard InChI is InChI=1S/C13H17F2N3/c14-10-7-9(13(16)17)8-11(15)12(10)18-5-3-1-2-4-6-18/h7-8H,1-6H2,(H3,16,17). The molecule has 1 saturated heterocycles. The molecule has 0 amide bonds. The summed E-state index contributed by atoms with van der Waals surface area (Å²) >= 11 is 0. The van der Waals surface area contributed by atoms with Crippen LogP contribution in [0.15, 0.2) is 12.1 Å². The van der Waals surface area contributed by atoms with Gasteiger partial charge in [-0.25, -0.2) is 8.78 Å². The summed E-state index contributed by atoms with van der Waals surface area (Å²) in [6.07, 6.45) is 4.11. The van der Waals surface area contributed by atoms with Gasteiger partial charge in [0.2, 0.25) is 0 Å². The number of nitrogens with one attached hydrogen (secondary N) is 1. The predicted molar refractivity (Wildman–Crippen MR) is 68.1 cm³/mol. The van der Waals surface area contributed by atoms with Crippen molar-refractivity contribution in [2.45, 2.75) is 25.7 Å². The van der Waals surface area contributed by atoms with Gasteiger partial charge in [-0.1, -0.05) is 12.8 Å². The Bertz CT molecular complexity index is 429. The summed E-state index contributed by atoms with van der Waals surface area (Å²) < 4.78 is 27.9. The molecule has 18 heavy (non-hydrogen) atoms. The molecular formula is C13H17F2N3. The maximum absolute atomic E-state index is 14.0. The van der Waals surface area contributed by atoms with Gasteiger partial charge in [-0.05, 0) is 25.0 Å². The molecular weight excluding hydrogens is 236 g/mol. The molecule has 0 aliphatic carbocycles. The zero-order chi connectivity index (χ0) is 13.1. The second-order valence-corrected chi connectivity index (χ2v) is 4.60. The van der Waals surface area contributed by atoms with Gasteiger partial charge >= 0.3 is 0 Å². The molecule has 1 aromatic rings. The highest BCUT2D eigenvalue weighted by atomic mass is 19.1. The maximum atomic E-state index is 14.0. The van der Waals surface area contributed by atoms with Gasteiger partial charge in [-0.2, -0.15) is 0 Å². The molecule has 1 aliphatic rings. The summed E-state index contributed by atoms with van der Waals surface area (Å²) in [4.78, 5) is 1.75. The first-order valence-electron chi connectivity index (χ1n) is 6.18. The molecule has 1 heterocycles. The lowest BCUT2D eigenvalue weighted by molar-refractivity contribution is 0.570. The Labute approximate surface area is 105 Å². The second-order valence-electron chi connectivity index (χ2n) is 4.60. The van der Waals surface area contributed by atoms with Crippen molar-refractivity contribution in [1.29, 1.82) is 5.41 Å². The highest BCUT2D eigenvalue weighted by Gasteiger charge is 2.19. The molecule has 1 fully saturated rings. The molecule has 5 heteroatoms. The molecule has 1 aliphatic heterocycles. The van der Waals surface area contributed by atoms with Crippen LogP contribution in [0.4, 0.5) is 14.5 Å². The van der Waals surface area contributed by atoms with Crippen LogP contribution in [0.2, 0.25) is 0 Å². The second kappa shape index (κ2) is 5.33. The number of benzene rings is 1. The summed E-state index contributed by atoms with van der Waals surface area (Å²) in [5, 5.41) is 7.21. The van der Waals surface area contributed by atoms with E-state index in [0.29, 0.717) is 13.1 Å². The predicted octanol–water partition coefficient (Wildman–Crippen LogP) is 2.63. The summed E-state index contributed by atoms with van der Waals surface area (Å²) in [7, 11) is 0. The quantitative estimate of drug-likeness (QED) is 0.629. The van der Waals surface area contributed by atoms with Gasteiger partial charge in [0.05, 0.1) is 0 Å². The normalized spacial score (nSPS) is 16.4. The van der Waals surface area contributed by atoms with Crippen LogP contribution in [-0.4, -0.2) is 18.9 Å². The number of nitrogen functional groups attached to an aromatic ring is 1. The lowest BCUT2D eigenvalue weighted by Gasteiger charge is -2.24. The molecule has 2 rings (SSSR count). The van der Waals surface area contributed by atoms with E-state index in [1.165, 1.54) is 0 Å². The van der Waals surface area contributed by atoms with Crippen LogP contribution in [0.3, 0.4) is 0 Å². The fourth-order valence-corrected chi connectivity index (χ4v) is 2.32. The first-order chi connectivity index (χ1) is 8.59. The third-order valence-corrected chi connectivity index (χ3v) is 3.25. The minimum Gasteiger partial charge on any atom is -0.384 e. The van der Waals surface area contributed by atoms with Crippen molar-refractivity contribution in [3.63, 3.8) is 0 Å². The van der Waals surface area contributed by atoms with Gasteiger partial charge < -0.3 is 10.6 Å². The summed E-state index contributed by atoms with van der Waals surface area (Å²) in [6, 6.07) is 2.26. The number of rotatable bonds is 2. The monoisotopic (exact) mass is 253 g/mol. The molecule has 0 spiro atoms. The number of hydrogen-bond donors (Lipinski definition) is 2.